The van der Waals surface area contributed by atoms with Crippen molar-refractivity contribution in [3.05, 3.63) is 46.1 Å². The lowest BCUT2D eigenvalue weighted by molar-refractivity contribution is -0.120. The standard InChI is InChI=1S/C15H17NO3/c1-2-15(7-17,8-18)16-14(19)11-4-3-10-12-5-9(12)6-13(10)11/h3-4,6,17-18H,2,5,7-8H2,1H3,(H,16,19). The van der Waals surface area contributed by atoms with Crippen molar-refractivity contribution < 1.29 is 15.0 Å². The highest BCUT2D eigenvalue weighted by Crippen LogP contribution is 2.51. The van der Waals surface area contributed by atoms with Crippen molar-refractivity contribution in [2.75, 3.05) is 13.2 Å². The number of fused-ring (bicyclic) bond motifs is 2. The molecule has 0 aromatic rings. The van der Waals surface area contributed by atoms with Gasteiger partial charge in [-0.2, -0.15) is 0 Å². The van der Waals surface area contributed by atoms with Gasteiger partial charge < -0.3 is 15.5 Å². The first kappa shape index (κ1) is 12.4. The van der Waals surface area contributed by atoms with Crippen LogP contribution in [0, 0.1) is 0 Å². The molecule has 1 fully saturated rings. The van der Waals surface area contributed by atoms with Crippen molar-refractivity contribution in [1.29, 1.82) is 0 Å². The Morgan fingerprint density at radius 1 is 1.32 bits per heavy atom. The van der Waals surface area contributed by atoms with Crippen LogP contribution in [0.5, 0.6) is 0 Å². The molecule has 0 atom stereocenters. The van der Waals surface area contributed by atoms with Gasteiger partial charge in [0.25, 0.3) is 5.91 Å². The van der Waals surface area contributed by atoms with Crippen molar-refractivity contribution >= 4 is 5.91 Å². The van der Waals surface area contributed by atoms with E-state index in [1.54, 1.807) is 0 Å². The lowest BCUT2D eigenvalue weighted by Gasteiger charge is -2.29. The highest BCUT2D eigenvalue weighted by molar-refractivity contribution is 6.02. The summed E-state index contributed by atoms with van der Waals surface area (Å²) in [5.41, 5.74) is 4.50. The Hall–Kier alpha value is -1.65. The number of nitrogens with one attached hydrogen (secondary N) is 1. The molecule has 0 aliphatic heterocycles. The molecule has 0 heterocycles. The molecule has 3 aliphatic rings. The molecule has 1 saturated carbocycles. The van der Waals surface area contributed by atoms with Crippen LogP contribution in [0.25, 0.3) is 0 Å². The summed E-state index contributed by atoms with van der Waals surface area (Å²) >= 11 is 0. The summed E-state index contributed by atoms with van der Waals surface area (Å²) in [5, 5.41) is 21.5. The van der Waals surface area contributed by atoms with Crippen LogP contribution in [0.3, 0.4) is 0 Å². The van der Waals surface area contributed by atoms with Gasteiger partial charge in [-0.1, -0.05) is 13.0 Å². The van der Waals surface area contributed by atoms with E-state index in [9.17, 15) is 15.0 Å². The van der Waals surface area contributed by atoms with E-state index in [0.717, 1.165) is 17.6 Å². The van der Waals surface area contributed by atoms with E-state index in [-0.39, 0.29) is 19.1 Å². The number of hydrogen-bond acceptors (Lipinski definition) is 3. The number of aliphatic hydroxyl groups is 2. The SMILES string of the molecule is CCC(CO)(CO)NC(=O)C1=C2C=C3CC3=C2C=C1. The summed E-state index contributed by atoms with van der Waals surface area (Å²) in [6.07, 6.45) is 7.37. The van der Waals surface area contributed by atoms with Gasteiger partial charge in [-0.05, 0) is 47.3 Å². The zero-order valence-corrected chi connectivity index (χ0v) is 10.9. The molecular weight excluding hydrogens is 242 g/mol. The Labute approximate surface area is 111 Å². The molecule has 4 heteroatoms. The quantitative estimate of drug-likeness (QED) is 0.682. The van der Waals surface area contributed by atoms with Gasteiger partial charge in [-0.25, -0.2) is 0 Å². The van der Waals surface area contributed by atoms with Gasteiger partial charge in [0.05, 0.1) is 18.8 Å². The van der Waals surface area contributed by atoms with Gasteiger partial charge in [-0.3, -0.25) is 4.79 Å². The predicted octanol–water partition coefficient (Wildman–Crippen LogP) is 0.743. The molecule has 0 aromatic heterocycles. The maximum Gasteiger partial charge on any atom is 0.252 e. The van der Waals surface area contributed by atoms with Crippen LogP contribution in [0.1, 0.15) is 19.8 Å². The Bertz CT molecular complexity index is 566. The molecular formula is C15H17NO3. The largest absolute Gasteiger partial charge is 0.394 e. The monoisotopic (exact) mass is 259 g/mol. The van der Waals surface area contributed by atoms with Crippen molar-refractivity contribution in [1.82, 2.24) is 5.32 Å². The highest BCUT2D eigenvalue weighted by atomic mass is 16.3. The first-order valence-electron chi connectivity index (χ1n) is 6.55. The van der Waals surface area contributed by atoms with Crippen LogP contribution in [-0.4, -0.2) is 34.9 Å². The van der Waals surface area contributed by atoms with E-state index in [4.69, 9.17) is 0 Å². The van der Waals surface area contributed by atoms with Gasteiger partial charge in [0, 0.05) is 5.57 Å². The van der Waals surface area contributed by atoms with Crippen LogP contribution in [-0.2, 0) is 4.79 Å². The Balaban J connectivity index is 1.83. The van der Waals surface area contributed by atoms with Gasteiger partial charge in [0.1, 0.15) is 0 Å². The van der Waals surface area contributed by atoms with Crippen LogP contribution < -0.4 is 5.32 Å². The van der Waals surface area contributed by atoms with E-state index in [1.165, 1.54) is 11.1 Å². The average Bonchev–Trinajstić information content (AvgIpc) is 2.92. The smallest absolute Gasteiger partial charge is 0.252 e. The van der Waals surface area contributed by atoms with Crippen molar-refractivity contribution in [3.63, 3.8) is 0 Å². The number of amides is 1. The second kappa shape index (κ2) is 4.18. The first-order chi connectivity index (χ1) is 9.14. The molecule has 1 amide bonds. The van der Waals surface area contributed by atoms with E-state index in [0.29, 0.717) is 12.0 Å². The molecule has 3 aliphatic carbocycles. The normalized spacial score (nSPS) is 19.6. The first-order valence-corrected chi connectivity index (χ1v) is 6.55. The fraction of sp³-hybridized carbons (Fsp3) is 0.400. The lowest BCUT2D eigenvalue weighted by Crippen LogP contribution is -2.54. The van der Waals surface area contributed by atoms with Gasteiger partial charge in [0.2, 0.25) is 0 Å². The van der Waals surface area contributed by atoms with Crippen molar-refractivity contribution in [2.24, 2.45) is 0 Å². The van der Waals surface area contributed by atoms with Crippen LogP contribution in [0.4, 0.5) is 0 Å². The van der Waals surface area contributed by atoms with Crippen LogP contribution >= 0.6 is 0 Å². The molecule has 0 radical (unpaired) electrons. The minimum atomic E-state index is -0.941. The highest BCUT2D eigenvalue weighted by Gasteiger charge is 2.37. The Morgan fingerprint density at radius 2 is 2.05 bits per heavy atom. The number of hydrogen-bond donors (Lipinski definition) is 3. The molecule has 100 valence electrons. The van der Waals surface area contributed by atoms with Gasteiger partial charge in [0.15, 0.2) is 0 Å². The molecule has 3 rings (SSSR count). The summed E-state index contributed by atoms with van der Waals surface area (Å²) < 4.78 is 0. The van der Waals surface area contributed by atoms with Crippen molar-refractivity contribution in [2.45, 2.75) is 25.3 Å². The second-order valence-corrected chi connectivity index (χ2v) is 5.30. The molecule has 0 aromatic carbocycles. The lowest BCUT2D eigenvalue weighted by atomic mass is 9.97. The summed E-state index contributed by atoms with van der Waals surface area (Å²) in [4.78, 5) is 12.3. The molecule has 0 saturated heterocycles. The minimum Gasteiger partial charge on any atom is -0.394 e. The molecule has 19 heavy (non-hydrogen) atoms. The third kappa shape index (κ3) is 1.79. The third-order valence-corrected chi connectivity index (χ3v) is 4.18. The summed E-state index contributed by atoms with van der Waals surface area (Å²) in [6, 6.07) is 0. The third-order valence-electron chi connectivity index (χ3n) is 4.18. The number of aliphatic hydroxyl groups excluding tert-OH is 2. The number of carbonyl (C=O) groups is 1. The van der Waals surface area contributed by atoms with Gasteiger partial charge >= 0.3 is 0 Å². The Kier molecular flexibility index (Phi) is 2.73. The number of carbonyl (C=O) groups excluding carboxylic acids is 1. The second-order valence-electron chi connectivity index (χ2n) is 5.30. The minimum absolute atomic E-state index is 0.232. The summed E-state index contributed by atoms with van der Waals surface area (Å²) in [5.74, 6) is -0.232. The predicted molar refractivity (Wildman–Crippen MR) is 71.2 cm³/mol. The molecule has 0 spiro atoms. The fourth-order valence-corrected chi connectivity index (χ4v) is 2.58. The van der Waals surface area contributed by atoms with Gasteiger partial charge in [-0.15, -0.1) is 0 Å². The maximum atomic E-state index is 12.3. The van der Waals surface area contributed by atoms with Crippen LogP contribution in [0.15, 0.2) is 46.1 Å². The fourth-order valence-electron chi connectivity index (χ4n) is 2.58. The molecule has 0 bridgehead atoms. The average molecular weight is 259 g/mol. The molecule has 4 nitrogen and oxygen atoms in total. The topological polar surface area (TPSA) is 69.6 Å². The van der Waals surface area contributed by atoms with Crippen molar-refractivity contribution in [3.8, 4) is 0 Å². The van der Waals surface area contributed by atoms with E-state index >= 15 is 0 Å². The zero-order valence-electron chi connectivity index (χ0n) is 10.9. The maximum absolute atomic E-state index is 12.3. The number of allylic oxidation sites excluding steroid dienone is 6. The van der Waals surface area contributed by atoms with E-state index < -0.39 is 5.54 Å². The zero-order chi connectivity index (χ0) is 13.6. The van der Waals surface area contributed by atoms with E-state index in [2.05, 4.69) is 11.4 Å². The summed E-state index contributed by atoms with van der Waals surface area (Å²) in [6.45, 7) is 1.29. The number of rotatable bonds is 5. The Morgan fingerprint density at radius 3 is 2.68 bits per heavy atom. The van der Waals surface area contributed by atoms with Crippen LogP contribution in [0.2, 0.25) is 0 Å². The summed E-state index contributed by atoms with van der Waals surface area (Å²) in [7, 11) is 0. The molecule has 3 N–H and O–H groups in total. The van der Waals surface area contributed by atoms with E-state index in [1.807, 2.05) is 19.1 Å². The molecule has 0 unspecified atom stereocenters.